The lowest BCUT2D eigenvalue weighted by Crippen LogP contribution is -2.23. The van der Waals surface area contributed by atoms with Gasteiger partial charge in [-0.3, -0.25) is 4.79 Å². The summed E-state index contributed by atoms with van der Waals surface area (Å²) in [6.07, 6.45) is 0. The molecule has 5 nitrogen and oxygen atoms in total. The van der Waals surface area contributed by atoms with Crippen LogP contribution >= 0.6 is 34.8 Å². The summed E-state index contributed by atoms with van der Waals surface area (Å²) >= 11 is 17.7. The van der Waals surface area contributed by atoms with Crippen molar-refractivity contribution in [1.29, 1.82) is 0 Å². The number of carbonyl (C=O) groups excluding carboxylic acids is 2. The van der Waals surface area contributed by atoms with Crippen LogP contribution in [0.1, 0.15) is 5.56 Å². The number of benzene rings is 2. The van der Waals surface area contributed by atoms with Crippen LogP contribution in [-0.4, -0.2) is 25.1 Å². The zero-order valence-corrected chi connectivity index (χ0v) is 15.4. The lowest BCUT2D eigenvalue weighted by molar-refractivity contribution is -0.149. The third-order valence-corrected chi connectivity index (χ3v) is 3.88. The average molecular weight is 403 g/mol. The molecule has 0 spiro atoms. The molecule has 0 atom stereocenters. The number of hydrogen-bond donors (Lipinski definition) is 1. The van der Waals surface area contributed by atoms with Gasteiger partial charge >= 0.3 is 5.97 Å². The van der Waals surface area contributed by atoms with E-state index in [4.69, 9.17) is 44.3 Å². The first-order valence-electron chi connectivity index (χ1n) is 7.14. The van der Waals surface area contributed by atoms with Gasteiger partial charge in [0, 0.05) is 5.02 Å². The van der Waals surface area contributed by atoms with Gasteiger partial charge in [0.25, 0.3) is 5.91 Å². The molecule has 0 saturated carbocycles. The van der Waals surface area contributed by atoms with Crippen LogP contribution in [-0.2, 0) is 14.3 Å². The van der Waals surface area contributed by atoms with Crippen molar-refractivity contribution in [1.82, 2.24) is 0 Å². The molecule has 0 heterocycles. The molecule has 2 aromatic rings. The van der Waals surface area contributed by atoms with Gasteiger partial charge in [0.05, 0.1) is 15.7 Å². The van der Waals surface area contributed by atoms with E-state index in [-0.39, 0.29) is 6.61 Å². The van der Waals surface area contributed by atoms with Crippen molar-refractivity contribution in [2.24, 2.45) is 0 Å². The van der Waals surface area contributed by atoms with Crippen LogP contribution in [0.4, 0.5) is 5.69 Å². The molecule has 8 heteroatoms. The van der Waals surface area contributed by atoms with E-state index >= 15 is 0 Å². The molecule has 0 aliphatic carbocycles. The Morgan fingerprint density at radius 1 is 1.00 bits per heavy atom. The van der Waals surface area contributed by atoms with Gasteiger partial charge in [-0.2, -0.15) is 0 Å². The van der Waals surface area contributed by atoms with Crippen LogP contribution in [0.2, 0.25) is 15.1 Å². The van der Waals surface area contributed by atoms with Crippen LogP contribution in [0.5, 0.6) is 5.75 Å². The number of aryl methyl sites for hydroxylation is 1. The summed E-state index contributed by atoms with van der Waals surface area (Å²) in [5, 5.41) is 3.62. The Morgan fingerprint density at radius 3 is 2.48 bits per heavy atom. The summed E-state index contributed by atoms with van der Waals surface area (Å²) in [5.41, 5.74) is 1.27. The molecule has 0 saturated heterocycles. The van der Waals surface area contributed by atoms with E-state index in [0.717, 1.165) is 5.56 Å². The highest BCUT2D eigenvalue weighted by atomic mass is 35.5. The maximum Gasteiger partial charge on any atom is 0.344 e. The average Bonchev–Trinajstić information content (AvgIpc) is 2.57. The first kappa shape index (κ1) is 19.4. The van der Waals surface area contributed by atoms with Crippen LogP contribution in [0.3, 0.4) is 0 Å². The number of carbonyl (C=O) groups is 2. The molecular weight excluding hydrogens is 389 g/mol. The number of rotatable bonds is 6. The van der Waals surface area contributed by atoms with E-state index in [0.29, 0.717) is 26.5 Å². The van der Waals surface area contributed by atoms with Crippen molar-refractivity contribution >= 4 is 52.4 Å². The van der Waals surface area contributed by atoms with Gasteiger partial charge in [0.1, 0.15) is 5.75 Å². The smallest absolute Gasteiger partial charge is 0.344 e. The highest BCUT2D eigenvalue weighted by Gasteiger charge is 2.11. The summed E-state index contributed by atoms with van der Waals surface area (Å²) in [5.74, 6) is -0.884. The van der Waals surface area contributed by atoms with Crippen molar-refractivity contribution < 1.29 is 19.1 Å². The second kappa shape index (κ2) is 8.94. The lowest BCUT2D eigenvalue weighted by atomic mass is 10.2. The van der Waals surface area contributed by atoms with Gasteiger partial charge in [0.2, 0.25) is 0 Å². The van der Waals surface area contributed by atoms with E-state index in [2.05, 4.69) is 5.32 Å². The number of ether oxygens (including phenoxy) is 2. The third kappa shape index (κ3) is 6.12. The number of halogens is 3. The second-order valence-corrected chi connectivity index (χ2v) is 6.31. The molecule has 0 aliphatic heterocycles. The zero-order valence-electron chi connectivity index (χ0n) is 13.1. The zero-order chi connectivity index (χ0) is 18.4. The fraction of sp³-hybridized carbons (Fsp3) is 0.176. The van der Waals surface area contributed by atoms with Crippen LogP contribution < -0.4 is 10.1 Å². The van der Waals surface area contributed by atoms with E-state index in [1.165, 1.54) is 6.07 Å². The molecule has 132 valence electrons. The minimum absolute atomic E-state index is 0.321. The van der Waals surface area contributed by atoms with E-state index in [9.17, 15) is 9.59 Å². The predicted molar refractivity (Wildman–Crippen MR) is 97.7 cm³/mol. The molecule has 0 radical (unpaired) electrons. The monoisotopic (exact) mass is 401 g/mol. The molecule has 25 heavy (non-hydrogen) atoms. The lowest BCUT2D eigenvalue weighted by Gasteiger charge is -2.10. The number of esters is 1. The minimum Gasteiger partial charge on any atom is -0.480 e. The molecule has 1 amide bonds. The molecule has 1 N–H and O–H groups in total. The van der Waals surface area contributed by atoms with Crippen LogP contribution in [0.15, 0.2) is 36.4 Å². The molecule has 0 unspecified atom stereocenters. The fourth-order valence-electron chi connectivity index (χ4n) is 1.83. The van der Waals surface area contributed by atoms with Crippen molar-refractivity contribution in [3.8, 4) is 5.75 Å². The largest absolute Gasteiger partial charge is 0.480 e. The van der Waals surface area contributed by atoms with Crippen LogP contribution in [0.25, 0.3) is 0 Å². The quantitative estimate of drug-likeness (QED) is 0.722. The molecule has 0 bridgehead atoms. The Labute approximate surface area is 159 Å². The summed E-state index contributed by atoms with van der Waals surface area (Å²) in [6, 6.07) is 9.81. The van der Waals surface area contributed by atoms with Gasteiger partial charge in [-0.15, -0.1) is 0 Å². The molecular formula is C17H14Cl3NO4. The van der Waals surface area contributed by atoms with Gasteiger partial charge in [-0.05, 0) is 42.8 Å². The predicted octanol–water partition coefficient (Wildman–Crippen LogP) is 4.52. The van der Waals surface area contributed by atoms with Crippen LogP contribution in [0, 0.1) is 6.92 Å². The number of nitrogens with one attached hydrogen (secondary N) is 1. The summed E-state index contributed by atoms with van der Waals surface area (Å²) in [4.78, 5) is 23.5. The Hall–Kier alpha value is -1.95. The van der Waals surface area contributed by atoms with Gasteiger partial charge in [-0.25, -0.2) is 4.79 Å². The maximum atomic E-state index is 11.8. The van der Waals surface area contributed by atoms with Gasteiger partial charge < -0.3 is 14.8 Å². The number of hydrogen-bond acceptors (Lipinski definition) is 4. The molecule has 0 fully saturated rings. The Bertz CT molecular complexity index is 795. The molecule has 2 rings (SSSR count). The standard InChI is InChI=1S/C17H14Cl3NO4/c1-10-2-4-13(20)15(6-10)24-9-17(23)25-8-16(22)21-14-7-11(18)3-5-12(14)19/h2-7H,8-9H2,1H3,(H,21,22). The van der Waals surface area contributed by atoms with E-state index in [1.807, 2.05) is 13.0 Å². The van der Waals surface area contributed by atoms with Crippen molar-refractivity contribution in [2.45, 2.75) is 6.92 Å². The number of amides is 1. The van der Waals surface area contributed by atoms with E-state index < -0.39 is 18.5 Å². The van der Waals surface area contributed by atoms with Crippen molar-refractivity contribution in [3.63, 3.8) is 0 Å². The van der Waals surface area contributed by atoms with Gasteiger partial charge in [-0.1, -0.05) is 40.9 Å². The summed E-state index contributed by atoms with van der Waals surface area (Å²) < 4.78 is 10.1. The fourth-order valence-corrected chi connectivity index (χ4v) is 2.33. The van der Waals surface area contributed by atoms with Gasteiger partial charge in [0.15, 0.2) is 13.2 Å². The molecule has 0 aromatic heterocycles. The summed E-state index contributed by atoms with van der Waals surface area (Å²) in [6.45, 7) is 1.02. The SMILES string of the molecule is Cc1ccc(Cl)c(OCC(=O)OCC(=O)Nc2cc(Cl)ccc2Cl)c1. The normalized spacial score (nSPS) is 10.2. The minimum atomic E-state index is -0.704. The third-order valence-electron chi connectivity index (χ3n) is 3.00. The Morgan fingerprint density at radius 2 is 1.72 bits per heavy atom. The van der Waals surface area contributed by atoms with Crippen molar-refractivity contribution in [2.75, 3.05) is 18.5 Å². The van der Waals surface area contributed by atoms with Crippen molar-refractivity contribution in [3.05, 3.63) is 57.0 Å². The Balaban J connectivity index is 1.80. The highest BCUT2D eigenvalue weighted by Crippen LogP contribution is 2.26. The molecule has 0 aliphatic rings. The Kier molecular flexibility index (Phi) is 6.93. The topological polar surface area (TPSA) is 64.6 Å². The summed E-state index contributed by atoms with van der Waals surface area (Å²) in [7, 11) is 0. The first-order valence-corrected chi connectivity index (χ1v) is 8.28. The number of anilines is 1. The van der Waals surface area contributed by atoms with E-state index in [1.54, 1.807) is 24.3 Å². The molecule has 2 aromatic carbocycles. The first-order chi connectivity index (χ1) is 11.8. The highest BCUT2D eigenvalue weighted by molar-refractivity contribution is 6.35. The maximum absolute atomic E-state index is 11.8. The second-order valence-electron chi connectivity index (χ2n) is 5.06.